The van der Waals surface area contributed by atoms with Crippen molar-refractivity contribution in [2.75, 3.05) is 43.1 Å². The Bertz CT molecular complexity index is 702. The highest BCUT2D eigenvalue weighted by Gasteiger charge is 2.16. The van der Waals surface area contributed by atoms with Gasteiger partial charge in [0.1, 0.15) is 0 Å². The second kappa shape index (κ2) is 7.79. The molecular weight excluding hydrogens is 311 g/mol. The maximum atomic E-state index is 13.5. The summed E-state index contributed by atoms with van der Waals surface area (Å²) >= 11 is 0. The van der Waals surface area contributed by atoms with Crippen LogP contribution in [0.5, 0.6) is 5.75 Å². The summed E-state index contributed by atoms with van der Waals surface area (Å²) in [5, 5.41) is 2.83. The van der Waals surface area contributed by atoms with Gasteiger partial charge >= 0.3 is 0 Å². The zero-order chi connectivity index (χ0) is 16.8. The maximum Gasteiger partial charge on any atom is 0.262 e. The molecule has 1 heterocycles. The van der Waals surface area contributed by atoms with Crippen molar-refractivity contribution in [2.24, 2.45) is 0 Å². The number of hydrogen-bond acceptors (Lipinski definition) is 4. The lowest BCUT2D eigenvalue weighted by Crippen LogP contribution is -2.37. The minimum absolute atomic E-state index is 0.0640. The van der Waals surface area contributed by atoms with Gasteiger partial charge in [0.25, 0.3) is 5.91 Å². The van der Waals surface area contributed by atoms with E-state index in [1.807, 2.05) is 24.3 Å². The van der Waals surface area contributed by atoms with E-state index in [9.17, 15) is 9.18 Å². The molecule has 0 radical (unpaired) electrons. The van der Waals surface area contributed by atoms with E-state index in [0.717, 1.165) is 18.8 Å². The third kappa shape index (κ3) is 4.02. The number of para-hydroxylation sites is 3. The lowest BCUT2D eigenvalue weighted by molar-refractivity contribution is -0.118. The van der Waals surface area contributed by atoms with E-state index in [0.29, 0.717) is 18.9 Å². The molecule has 0 bridgehead atoms. The van der Waals surface area contributed by atoms with E-state index in [2.05, 4.69) is 10.2 Å². The first-order valence-electron chi connectivity index (χ1n) is 7.83. The summed E-state index contributed by atoms with van der Waals surface area (Å²) in [4.78, 5) is 14.3. The van der Waals surface area contributed by atoms with Gasteiger partial charge in [0.2, 0.25) is 0 Å². The van der Waals surface area contributed by atoms with E-state index in [1.54, 1.807) is 12.1 Å². The molecule has 1 aliphatic rings. The number of nitrogens with one attached hydrogen (secondary N) is 1. The van der Waals surface area contributed by atoms with Crippen LogP contribution in [-0.2, 0) is 9.53 Å². The molecule has 1 fully saturated rings. The third-order valence-electron chi connectivity index (χ3n) is 3.73. The number of carbonyl (C=O) groups excluding carboxylic acids is 1. The Hall–Kier alpha value is -2.60. The molecule has 6 heteroatoms. The molecule has 1 amide bonds. The largest absolute Gasteiger partial charge is 0.481 e. The molecule has 3 rings (SSSR count). The average molecular weight is 330 g/mol. The fourth-order valence-corrected chi connectivity index (χ4v) is 2.55. The molecule has 0 unspecified atom stereocenters. The predicted molar refractivity (Wildman–Crippen MR) is 90.0 cm³/mol. The predicted octanol–water partition coefficient (Wildman–Crippen LogP) is 2.68. The molecular formula is C18H19FN2O3. The molecule has 5 nitrogen and oxygen atoms in total. The van der Waals surface area contributed by atoms with Gasteiger partial charge < -0.3 is 19.7 Å². The van der Waals surface area contributed by atoms with Crippen molar-refractivity contribution in [1.82, 2.24) is 0 Å². The van der Waals surface area contributed by atoms with Crippen molar-refractivity contribution in [1.29, 1.82) is 0 Å². The Labute approximate surface area is 140 Å². The van der Waals surface area contributed by atoms with Crippen molar-refractivity contribution < 1.29 is 18.7 Å². The van der Waals surface area contributed by atoms with E-state index in [4.69, 9.17) is 9.47 Å². The van der Waals surface area contributed by atoms with Gasteiger partial charge in [0.05, 0.1) is 24.6 Å². The van der Waals surface area contributed by atoms with Gasteiger partial charge in [0, 0.05) is 13.1 Å². The number of amides is 1. The van der Waals surface area contributed by atoms with Crippen LogP contribution in [-0.4, -0.2) is 38.8 Å². The van der Waals surface area contributed by atoms with Crippen LogP contribution in [0.4, 0.5) is 15.8 Å². The van der Waals surface area contributed by atoms with Crippen molar-refractivity contribution in [3.05, 3.63) is 54.3 Å². The fraction of sp³-hybridized carbons (Fsp3) is 0.278. The van der Waals surface area contributed by atoms with E-state index in [-0.39, 0.29) is 18.3 Å². The minimum atomic E-state index is -0.487. The fourth-order valence-electron chi connectivity index (χ4n) is 2.55. The van der Waals surface area contributed by atoms with Gasteiger partial charge in [0.15, 0.2) is 18.2 Å². The number of benzene rings is 2. The molecule has 1 N–H and O–H groups in total. The molecule has 126 valence electrons. The van der Waals surface area contributed by atoms with Gasteiger partial charge in [-0.15, -0.1) is 0 Å². The molecule has 2 aromatic carbocycles. The number of anilines is 2. The standard InChI is InChI=1S/C18H19FN2O3/c19-14-5-1-4-8-17(14)24-13-18(22)20-15-6-2-3-7-16(15)21-9-11-23-12-10-21/h1-8H,9-13H2,(H,20,22). The van der Waals surface area contributed by atoms with E-state index >= 15 is 0 Å². The SMILES string of the molecule is O=C(COc1ccccc1F)Nc1ccccc1N1CCOCC1. The molecule has 0 aromatic heterocycles. The summed E-state index contributed by atoms with van der Waals surface area (Å²) in [6.45, 7) is 2.63. The summed E-state index contributed by atoms with van der Waals surface area (Å²) < 4.78 is 24.1. The van der Waals surface area contributed by atoms with E-state index < -0.39 is 5.82 Å². The van der Waals surface area contributed by atoms with Crippen LogP contribution >= 0.6 is 0 Å². The second-order valence-electron chi connectivity index (χ2n) is 5.38. The van der Waals surface area contributed by atoms with Gasteiger partial charge in [-0.2, -0.15) is 0 Å². The summed E-state index contributed by atoms with van der Waals surface area (Å²) in [6, 6.07) is 13.6. The summed E-state index contributed by atoms with van der Waals surface area (Å²) in [6.07, 6.45) is 0. The quantitative estimate of drug-likeness (QED) is 0.916. The van der Waals surface area contributed by atoms with Crippen molar-refractivity contribution in [3.8, 4) is 5.75 Å². The zero-order valence-electron chi connectivity index (χ0n) is 13.2. The smallest absolute Gasteiger partial charge is 0.262 e. The number of carbonyl (C=O) groups is 1. The number of nitrogens with zero attached hydrogens (tertiary/aromatic N) is 1. The Kier molecular flexibility index (Phi) is 5.28. The topological polar surface area (TPSA) is 50.8 Å². The number of ether oxygens (including phenoxy) is 2. The first-order valence-corrected chi connectivity index (χ1v) is 7.83. The highest BCUT2D eigenvalue weighted by molar-refractivity contribution is 5.95. The maximum absolute atomic E-state index is 13.5. The normalized spacial score (nSPS) is 14.3. The van der Waals surface area contributed by atoms with Crippen LogP contribution in [0.25, 0.3) is 0 Å². The molecule has 24 heavy (non-hydrogen) atoms. The highest BCUT2D eigenvalue weighted by atomic mass is 19.1. The molecule has 1 saturated heterocycles. The molecule has 0 spiro atoms. The van der Waals surface area contributed by atoms with Gasteiger partial charge in [-0.1, -0.05) is 24.3 Å². The van der Waals surface area contributed by atoms with Crippen LogP contribution in [0.1, 0.15) is 0 Å². The van der Waals surface area contributed by atoms with Gasteiger partial charge in [-0.25, -0.2) is 4.39 Å². The summed E-state index contributed by atoms with van der Waals surface area (Å²) in [5.74, 6) is -0.757. The number of hydrogen-bond donors (Lipinski definition) is 1. The molecule has 1 aliphatic heterocycles. The average Bonchev–Trinajstić information content (AvgIpc) is 2.62. The van der Waals surface area contributed by atoms with Crippen LogP contribution < -0.4 is 15.0 Å². The van der Waals surface area contributed by atoms with Crippen LogP contribution in [0, 0.1) is 5.82 Å². The van der Waals surface area contributed by atoms with Gasteiger partial charge in [-0.05, 0) is 24.3 Å². The number of morpholine rings is 1. The monoisotopic (exact) mass is 330 g/mol. The molecule has 0 aliphatic carbocycles. The number of halogens is 1. The summed E-state index contributed by atoms with van der Waals surface area (Å²) in [7, 11) is 0. The zero-order valence-corrected chi connectivity index (χ0v) is 13.2. The number of rotatable bonds is 5. The van der Waals surface area contributed by atoms with Gasteiger partial charge in [-0.3, -0.25) is 4.79 Å². The Morgan fingerprint density at radius 2 is 1.83 bits per heavy atom. The second-order valence-corrected chi connectivity index (χ2v) is 5.38. The van der Waals surface area contributed by atoms with Crippen molar-refractivity contribution in [3.63, 3.8) is 0 Å². The molecule has 0 atom stereocenters. The Morgan fingerprint density at radius 1 is 1.12 bits per heavy atom. The van der Waals surface area contributed by atoms with Crippen molar-refractivity contribution in [2.45, 2.75) is 0 Å². The first-order chi connectivity index (χ1) is 11.7. The summed E-state index contributed by atoms with van der Waals surface area (Å²) in [5.41, 5.74) is 1.65. The third-order valence-corrected chi connectivity index (χ3v) is 3.73. The van der Waals surface area contributed by atoms with Crippen LogP contribution in [0.2, 0.25) is 0 Å². The lowest BCUT2D eigenvalue weighted by Gasteiger charge is -2.30. The van der Waals surface area contributed by atoms with E-state index in [1.165, 1.54) is 12.1 Å². The lowest BCUT2D eigenvalue weighted by atomic mass is 10.2. The van der Waals surface area contributed by atoms with Crippen LogP contribution in [0.3, 0.4) is 0 Å². The Balaban J connectivity index is 1.63. The minimum Gasteiger partial charge on any atom is -0.481 e. The Morgan fingerprint density at radius 3 is 2.62 bits per heavy atom. The van der Waals surface area contributed by atoms with Crippen LogP contribution in [0.15, 0.2) is 48.5 Å². The highest BCUT2D eigenvalue weighted by Crippen LogP contribution is 2.26. The van der Waals surface area contributed by atoms with Crippen molar-refractivity contribution >= 4 is 17.3 Å². The molecule has 2 aromatic rings. The molecule has 0 saturated carbocycles. The first kappa shape index (κ1) is 16.3.